The van der Waals surface area contributed by atoms with Crippen molar-refractivity contribution in [1.29, 1.82) is 0 Å². The predicted octanol–water partition coefficient (Wildman–Crippen LogP) is 0.844. The Bertz CT molecular complexity index is 680. The molecule has 7 heteroatoms. The number of nitrogens with zero attached hydrogens (tertiary/aromatic N) is 4. The molecule has 4 rings (SSSR count). The first-order chi connectivity index (χ1) is 12.0. The van der Waals surface area contributed by atoms with E-state index in [0.717, 1.165) is 31.0 Å². The predicted molar refractivity (Wildman–Crippen MR) is 90.7 cm³/mol. The van der Waals surface area contributed by atoms with Gasteiger partial charge in [-0.1, -0.05) is 6.92 Å². The van der Waals surface area contributed by atoms with Crippen molar-refractivity contribution in [2.45, 2.75) is 39.3 Å². The highest BCUT2D eigenvalue weighted by Gasteiger charge is 2.44. The number of fused-ring (bicyclic) bond motifs is 1. The molecule has 1 aliphatic carbocycles. The number of carbonyl (C=O) groups excluding carboxylic acids is 2. The van der Waals surface area contributed by atoms with E-state index in [1.165, 1.54) is 0 Å². The Balaban J connectivity index is 1.44. The number of imidazole rings is 1. The van der Waals surface area contributed by atoms with Crippen molar-refractivity contribution < 1.29 is 14.3 Å². The first-order valence-corrected chi connectivity index (χ1v) is 9.26. The van der Waals surface area contributed by atoms with Crippen LogP contribution in [0.15, 0.2) is 6.20 Å². The van der Waals surface area contributed by atoms with E-state index in [9.17, 15) is 9.59 Å². The number of aromatic nitrogens is 2. The third kappa shape index (κ3) is 3.17. The maximum Gasteiger partial charge on any atom is 0.228 e. The smallest absolute Gasteiger partial charge is 0.228 e. The molecule has 25 heavy (non-hydrogen) atoms. The Labute approximate surface area is 147 Å². The molecule has 7 nitrogen and oxygen atoms in total. The molecule has 0 N–H and O–H groups in total. The Kier molecular flexibility index (Phi) is 4.27. The van der Waals surface area contributed by atoms with Crippen molar-refractivity contribution in [3.05, 3.63) is 17.7 Å². The summed E-state index contributed by atoms with van der Waals surface area (Å²) in [7, 11) is 0. The zero-order valence-electron chi connectivity index (χ0n) is 15.0. The van der Waals surface area contributed by atoms with Crippen LogP contribution in [0, 0.1) is 11.8 Å². The monoisotopic (exact) mass is 346 g/mol. The molecular formula is C18H26N4O3. The van der Waals surface area contributed by atoms with Gasteiger partial charge in [-0.2, -0.15) is 0 Å². The van der Waals surface area contributed by atoms with Gasteiger partial charge < -0.3 is 19.1 Å². The number of carbonyl (C=O) groups is 2. The van der Waals surface area contributed by atoms with Gasteiger partial charge in [-0.15, -0.1) is 0 Å². The molecule has 1 saturated heterocycles. The average Bonchev–Trinajstić information content (AvgIpc) is 3.20. The second-order valence-electron chi connectivity index (χ2n) is 7.48. The van der Waals surface area contributed by atoms with E-state index >= 15 is 0 Å². The van der Waals surface area contributed by atoms with Crippen LogP contribution in [-0.2, 0) is 27.3 Å². The topological polar surface area (TPSA) is 67.7 Å². The van der Waals surface area contributed by atoms with E-state index in [-0.39, 0.29) is 23.8 Å². The average molecular weight is 346 g/mol. The van der Waals surface area contributed by atoms with E-state index in [1.807, 2.05) is 22.9 Å². The summed E-state index contributed by atoms with van der Waals surface area (Å²) in [5, 5.41) is 0. The quantitative estimate of drug-likeness (QED) is 0.814. The van der Waals surface area contributed by atoms with E-state index in [1.54, 1.807) is 0 Å². The summed E-state index contributed by atoms with van der Waals surface area (Å²) >= 11 is 0. The first kappa shape index (κ1) is 16.6. The molecule has 0 bridgehead atoms. The number of rotatable bonds is 3. The summed E-state index contributed by atoms with van der Waals surface area (Å²) in [6.45, 7) is 8.19. The SMILES string of the molecule is C[C@@H]1C[C@@H]1C(=O)N1CCn2cc(CC(=O)N3CCOCC3)nc2[C@@H]1C. The normalized spacial score (nSPS) is 28.6. The highest BCUT2D eigenvalue weighted by Crippen LogP contribution is 2.41. The van der Waals surface area contributed by atoms with Gasteiger partial charge in [0.25, 0.3) is 0 Å². The summed E-state index contributed by atoms with van der Waals surface area (Å²) in [5.74, 6) is 1.98. The molecule has 1 aromatic rings. The van der Waals surface area contributed by atoms with Crippen molar-refractivity contribution in [1.82, 2.24) is 19.4 Å². The Hall–Kier alpha value is -1.89. The molecule has 3 heterocycles. The van der Waals surface area contributed by atoms with Crippen LogP contribution >= 0.6 is 0 Å². The molecule has 0 radical (unpaired) electrons. The van der Waals surface area contributed by atoms with Crippen LogP contribution in [0.2, 0.25) is 0 Å². The van der Waals surface area contributed by atoms with Crippen molar-refractivity contribution in [3.8, 4) is 0 Å². The zero-order valence-corrected chi connectivity index (χ0v) is 15.0. The lowest BCUT2D eigenvalue weighted by Gasteiger charge is -2.34. The van der Waals surface area contributed by atoms with Crippen molar-refractivity contribution in [2.24, 2.45) is 11.8 Å². The van der Waals surface area contributed by atoms with E-state index in [0.29, 0.717) is 38.6 Å². The molecule has 2 fully saturated rings. The second-order valence-corrected chi connectivity index (χ2v) is 7.48. The van der Waals surface area contributed by atoms with Gasteiger partial charge in [-0.3, -0.25) is 9.59 Å². The van der Waals surface area contributed by atoms with E-state index in [4.69, 9.17) is 4.74 Å². The summed E-state index contributed by atoms with van der Waals surface area (Å²) in [5.41, 5.74) is 0.799. The van der Waals surface area contributed by atoms with Crippen LogP contribution < -0.4 is 0 Å². The molecule has 1 aromatic heterocycles. The summed E-state index contributed by atoms with van der Waals surface area (Å²) in [6.07, 6.45) is 3.31. The van der Waals surface area contributed by atoms with Gasteiger partial charge in [0.15, 0.2) is 0 Å². The molecular weight excluding hydrogens is 320 g/mol. The highest BCUT2D eigenvalue weighted by molar-refractivity contribution is 5.82. The van der Waals surface area contributed by atoms with Crippen molar-refractivity contribution >= 4 is 11.8 Å². The maximum absolute atomic E-state index is 12.6. The lowest BCUT2D eigenvalue weighted by Crippen LogP contribution is -2.42. The van der Waals surface area contributed by atoms with Gasteiger partial charge in [0, 0.05) is 38.3 Å². The van der Waals surface area contributed by atoms with Crippen LogP contribution in [0.4, 0.5) is 0 Å². The first-order valence-electron chi connectivity index (χ1n) is 9.26. The van der Waals surface area contributed by atoms with Crippen LogP contribution in [0.3, 0.4) is 0 Å². The number of hydrogen-bond donors (Lipinski definition) is 0. The minimum atomic E-state index is -0.0266. The van der Waals surface area contributed by atoms with E-state index in [2.05, 4.69) is 16.5 Å². The van der Waals surface area contributed by atoms with Gasteiger partial charge in [0.05, 0.1) is 31.4 Å². The van der Waals surface area contributed by atoms with Crippen LogP contribution in [0.25, 0.3) is 0 Å². The van der Waals surface area contributed by atoms with Crippen LogP contribution in [0.5, 0.6) is 0 Å². The van der Waals surface area contributed by atoms with Crippen LogP contribution in [-0.4, -0.2) is 64.0 Å². The minimum Gasteiger partial charge on any atom is -0.378 e. The molecule has 2 amide bonds. The molecule has 2 aliphatic heterocycles. The number of hydrogen-bond acceptors (Lipinski definition) is 4. The van der Waals surface area contributed by atoms with Gasteiger partial charge in [0.1, 0.15) is 5.82 Å². The van der Waals surface area contributed by atoms with Gasteiger partial charge in [-0.25, -0.2) is 4.98 Å². The number of amides is 2. The van der Waals surface area contributed by atoms with E-state index < -0.39 is 0 Å². The van der Waals surface area contributed by atoms with Crippen LogP contribution in [0.1, 0.15) is 37.8 Å². The third-order valence-electron chi connectivity index (χ3n) is 5.69. The molecule has 0 spiro atoms. The standard InChI is InChI=1S/C18H26N4O3/c1-12-9-15(12)18(24)22-4-3-21-11-14(19-17(21)13(22)2)10-16(23)20-5-7-25-8-6-20/h11-13,15H,3-10H2,1-2H3/t12-,13+,15+/m1/s1. The largest absolute Gasteiger partial charge is 0.378 e. The fraction of sp³-hybridized carbons (Fsp3) is 0.722. The summed E-state index contributed by atoms with van der Waals surface area (Å²) in [6, 6.07) is -0.0266. The zero-order chi connectivity index (χ0) is 17.6. The molecule has 0 unspecified atom stereocenters. The fourth-order valence-electron chi connectivity index (χ4n) is 3.89. The summed E-state index contributed by atoms with van der Waals surface area (Å²) < 4.78 is 7.40. The third-order valence-corrected chi connectivity index (χ3v) is 5.69. The highest BCUT2D eigenvalue weighted by atomic mass is 16.5. The Morgan fingerprint density at radius 2 is 1.92 bits per heavy atom. The Morgan fingerprint density at radius 3 is 2.60 bits per heavy atom. The molecule has 1 saturated carbocycles. The molecule has 0 aromatic carbocycles. The van der Waals surface area contributed by atoms with Gasteiger partial charge in [0.2, 0.25) is 11.8 Å². The van der Waals surface area contributed by atoms with Gasteiger partial charge >= 0.3 is 0 Å². The second kappa shape index (κ2) is 6.44. The van der Waals surface area contributed by atoms with Crippen molar-refractivity contribution in [2.75, 3.05) is 32.8 Å². The Morgan fingerprint density at radius 1 is 1.20 bits per heavy atom. The summed E-state index contributed by atoms with van der Waals surface area (Å²) in [4.78, 5) is 33.5. The number of morpholine rings is 1. The van der Waals surface area contributed by atoms with Gasteiger partial charge in [-0.05, 0) is 19.3 Å². The number of ether oxygens (including phenoxy) is 1. The molecule has 3 atom stereocenters. The minimum absolute atomic E-state index is 0.0266. The lowest BCUT2D eigenvalue weighted by atomic mass is 10.1. The van der Waals surface area contributed by atoms with Crippen molar-refractivity contribution in [3.63, 3.8) is 0 Å². The lowest BCUT2D eigenvalue weighted by molar-refractivity contribution is -0.136. The molecule has 3 aliphatic rings. The fourth-order valence-corrected chi connectivity index (χ4v) is 3.89. The maximum atomic E-state index is 12.6. The molecule has 136 valence electrons.